The largest absolute Gasteiger partial charge is 0.309 e. The first kappa shape index (κ1) is 15.1. The number of thiophene rings is 1. The van der Waals surface area contributed by atoms with Gasteiger partial charge in [-0.3, -0.25) is 0 Å². The van der Waals surface area contributed by atoms with Crippen LogP contribution in [0.5, 0.6) is 0 Å². The van der Waals surface area contributed by atoms with Crippen LogP contribution in [-0.4, -0.2) is 6.54 Å². The Morgan fingerprint density at radius 2 is 2.14 bits per heavy atom. The number of nitrogens with one attached hydrogen (secondary N) is 1. The molecule has 0 amide bonds. The monoisotopic (exact) mass is 319 g/mol. The van der Waals surface area contributed by atoms with Crippen LogP contribution in [0.1, 0.15) is 46.7 Å². The first-order chi connectivity index (χ1) is 10.3. The Bertz CT molecular complexity index is 584. The summed E-state index contributed by atoms with van der Waals surface area (Å²) in [5, 5.41) is 4.58. The molecule has 0 bridgehead atoms. The SMILES string of the molecule is CCCNC(Cc1ccccc1Cl)c1cc2c(s1)CCC2. The lowest BCUT2D eigenvalue weighted by atomic mass is 10.0. The molecule has 3 heteroatoms. The Hall–Kier alpha value is -0.830. The van der Waals surface area contributed by atoms with Gasteiger partial charge in [0.2, 0.25) is 0 Å². The van der Waals surface area contributed by atoms with Gasteiger partial charge in [0.05, 0.1) is 0 Å². The molecule has 1 unspecified atom stereocenters. The maximum atomic E-state index is 6.34. The third kappa shape index (κ3) is 3.50. The molecule has 0 saturated heterocycles. The predicted octanol–water partition coefficient (Wildman–Crippen LogP) is 5.17. The molecule has 1 N–H and O–H groups in total. The summed E-state index contributed by atoms with van der Waals surface area (Å²) in [6.07, 6.45) is 5.99. The second-order valence-corrected chi connectivity index (χ2v) is 7.33. The van der Waals surface area contributed by atoms with E-state index in [2.05, 4.69) is 30.4 Å². The Labute approximate surface area is 136 Å². The van der Waals surface area contributed by atoms with Crippen molar-refractivity contribution >= 4 is 22.9 Å². The highest BCUT2D eigenvalue weighted by Gasteiger charge is 2.20. The number of hydrogen-bond donors (Lipinski definition) is 1. The summed E-state index contributed by atoms with van der Waals surface area (Å²) in [5.41, 5.74) is 2.82. The maximum absolute atomic E-state index is 6.34. The summed E-state index contributed by atoms with van der Waals surface area (Å²) < 4.78 is 0. The van der Waals surface area contributed by atoms with Crippen LogP contribution in [-0.2, 0) is 19.3 Å². The van der Waals surface area contributed by atoms with E-state index in [1.807, 2.05) is 23.5 Å². The van der Waals surface area contributed by atoms with Crippen LogP contribution in [0.25, 0.3) is 0 Å². The van der Waals surface area contributed by atoms with Gasteiger partial charge < -0.3 is 5.32 Å². The fourth-order valence-corrected chi connectivity index (χ4v) is 4.55. The Morgan fingerprint density at radius 1 is 1.29 bits per heavy atom. The lowest BCUT2D eigenvalue weighted by Crippen LogP contribution is -2.23. The molecule has 0 spiro atoms. The highest BCUT2D eigenvalue weighted by molar-refractivity contribution is 7.12. The van der Waals surface area contributed by atoms with E-state index in [4.69, 9.17) is 11.6 Å². The molecule has 1 aromatic heterocycles. The summed E-state index contributed by atoms with van der Waals surface area (Å²) in [6, 6.07) is 11.0. The van der Waals surface area contributed by atoms with E-state index in [1.54, 1.807) is 10.4 Å². The van der Waals surface area contributed by atoms with Crippen LogP contribution < -0.4 is 5.32 Å². The lowest BCUT2D eigenvalue weighted by Gasteiger charge is -2.18. The highest BCUT2D eigenvalue weighted by atomic mass is 35.5. The summed E-state index contributed by atoms with van der Waals surface area (Å²) in [5.74, 6) is 0. The first-order valence-corrected chi connectivity index (χ1v) is 9.05. The van der Waals surface area contributed by atoms with Crippen molar-refractivity contribution < 1.29 is 0 Å². The molecule has 1 atom stereocenters. The zero-order valence-electron chi connectivity index (χ0n) is 12.5. The Kier molecular flexibility index (Phi) is 4.99. The van der Waals surface area contributed by atoms with Crippen molar-refractivity contribution in [1.29, 1.82) is 0 Å². The first-order valence-electron chi connectivity index (χ1n) is 7.86. The average molecular weight is 320 g/mol. The number of fused-ring (bicyclic) bond motifs is 1. The lowest BCUT2D eigenvalue weighted by molar-refractivity contribution is 0.536. The molecule has 0 radical (unpaired) electrons. The van der Waals surface area contributed by atoms with Crippen molar-refractivity contribution in [3.05, 3.63) is 56.2 Å². The zero-order valence-corrected chi connectivity index (χ0v) is 14.1. The van der Waals surface area contributed by atoms with E-state index in [9.17, 15) is 0 Å². The predicted molar refractivity (Wildman–Crippen MR) is 92.5 cm³/mol. The van der Waals surface area contributed by atoms with E-state index in [0.717, 1.165) is 24.4 Å². The Morgan fingerprint density at radius 3 is 2.90 bits per heavy atom. The van der Waals surface area contributed by atoms with E-state index < -0.39 is 0 Å². The van der Waals surface area contributed by atoms with Crippen molar-refractivity contribution in [1.82, 2.24) is 5.32 Å². The van der Waals surface area contributed by atoms with E-state index in [0.29, 0.717) is 6.04 Å². The molecule has 1 heterocycles. The summed E-state index contributed by atoms with van der Waals surface area (Å²) in [4.78, 5) is 3.08. The number of hydrogen-bond acceptors (Lipinski definition) is 2. The highest BCUT2D eigenvalue weighted by Crippen LogP contribution is 2.35. The zero-order chi connectivity index (χ0) is 14.7. The van der Waals surface area contributed by atoms with Crippen molar-refractivity contribution in [3.63, 3.8) is 0 Å². The molecule has 0 saturated carbocycles. The average Bonchev–Trinajstić information content (AvgIpc) is 3.06. The molecule has 3 rings (SSSR count). The summed E-state index contributed by atoms with van der Waals surface area (Å²) in [6.45, 7) is 3.27. The van der Waals surface area contributed by atoms with Crippen molar-refractivity contribution in [2.45, 2.75) is 45.1 Å². The maximum Gasteiger partial charge on any atom is 0.0456 e. The number of halogens is 1. The van der Waals surface area contributed by atoms with E-state index >= 15 is 0 Å². The molecule has 112 valence electrons. The molecule has 2 aromatic rings. The fourth-order valence-electron chi connectivity index (χ4n) is 3.00. The second kappa shape index (κ2) is 6.95. The molecule has 0 aliphatic heterocycles. The minimum absolute atomic E-state index is 0.389. The van der Waals surface area contributed by atoms with Crippen LogP contribution >= 0.6 is 22.9 Å². The number of aryl methyl sites for hydroxylation is 2. The smallest absolute Gasteiger partial charge is 0.0456 e. The van der Waals surface area contributed by atoms with Crippen LogP contribution in [0.3, 0.4) is 0 Å². The van der Waals surface area contributed by atoms with E-state index in [1.165, 1.54) is 29.7 Å². The molecular formula is C18H22ClNS. The second-order valence-electron chi connectivity index (χ2n) is 5.75. The van der Waals surface area contributed by atoms with Crippen molar-refractivity contribution in [3.8, 4) is 0 Å². The van der Waals surface area contributed by atoms with Gasteiger partial charge in [-0.1, -0.05) is 36.7 Å². The molecule has 1 aromatic carbocycles. The van der Waals surface area contributed by atoms with Gasteiger partial charge in [-0.15, -0.1) is 11.3 Å². The minimum atomic E-state index is 0.389. The third-order valence-corrected chi connectivity index (χ3v) is 5.85. The standard InChI is InChI=1S/C18H22ClNS/c1-2-10-20-16(11-13-6-3-4-8-15(13)19)18-12-14-7-5-9-17(14)21-18/h3-4,6,8,12,16,20H,2,5,7,9-11H2,1H3. The van der Waals surface area contributed by atoms with Crippen molar-refractivity contribution in [2.75, 3.05) is 6.54 Å². The molecule has 1 aliphatic carbocycles. The van der Waals surface area contributed by atoms with Gasteiger partial charge in [-0.2, -0.15) is 0 Å². The van der Waals surface area contributed by atoms with Gasteiger partial charge in [0.1, 0.15) is 0 Å². The van der Waals surface area contributed by atoms with Crippen LogP contribution in [0.15, 0.2) is 30.3 Å². The summed E-state index contributed by atoms with van der Waals surface area (Å²) in [7, 11) is 0. The number of benzene rings is 1. The van der Waals surface area contributed by atoms with Crippen LogP contribution in [0.2, 0.25) is 5.02 Å². The third-order valence-electron chi connectivity index (χ3n) is 4.13. The molecule has 1 nitrogen and oxygen atoms in total. The summed E-state index contributed by atoms with van der Waals surface area (Å²) >= 11 is 8.34. The van der Waals surface area contributed by atoms with Gasteiger partial charge in [0.15, 0.2) is 0 Å². The van der Waals surface area contributed by atoms with Gasteiger partial charge in [-0.25, -0.2) is 0 Å². The quantitative estimate of drug-likeness (QED) is 0.774. The molecule has 21 heavy (non-hydrogen) atoms. The van der Waals surface area contributed by atoms with Gasteiger partial charge in [0, 0.05) is 20.8 Å². The Balaban J connectivity index is 1.81. The van der Waals surface area contributed by atoms with Crippen LogP contribution in [0, 0.1) is 0 Å². The van der Waals surface area contributed by atoms with Crippen molar-refractivity contribution in [2.24, 2.45) is 0 Å². The molecule has 0 fully saturated rings. The minimum Gasteiger partial charge on any atom is -0.309 e. The van der Waals surface area contributed by atoms with Crippen LogP contribution in [0.4, 0.5) is 0 Å². The fraction of sp³-hybridized carbons (Fsp3) is 0.444. The molecule has 1 aliphatic rings. The van der Waals surface area contributed by atoms with Gasteiger partial charge >= 0.3 is 0 Å². The molecular weight excluding hydrogens is 298 g/mol. The normalized spacial score (nSPS) is 15.1. The van der Waals surface area contributed by atoms with E-state index in [-0.39, 0.29) is 0 Å². The van der Waals surface area contributed by atoms with Gasteiger partial charge in [-0.05, 0) is 61.9 Å². The topological polar surface area (TPSA) is 12.0 Å². The van der Waals surface area contributed by atoms with Gasteiger partial charge in [0.25, 0.3) is 0 Å². The number of rotatable bonds is 6.